The molecule has 1 aromatic carbocycles. The van der Waals surface area contributed by atoms with Crippen LogP contribution in [-0.4, -0.2) is 64.5 Å². The Morgan fingerprint density at radius 3 is 2.52 bits per heavy atom. The van der Waals surface area contributed by atoms with Crippen molar-refractivity contribution in [2.45, 2.75) is 26.1 Å². The lowest BCUT2D eigenvalue weighted by molar-refractivity contribution is -0.142. The molecule has 27 heavy (non-hydrogen) atoms. The van der Waals surface area contributed by atoms with Crippen molar-refractivity contribution in [1.82, 2.24) is 15.5 Å². The molecule has 0 amide bonds. The molecule has 1 unspecified atom stereocenters. The predicted octanol–water partition coefficient (Wildman–Crippen LogP) is 2.81. The summed E-state index contributed by atoms with van der Waals surface area (Å²) in [6.45, 7) is 3.98. The zero-order valence-electron chi connectivity index (χ0n) is 16.5. The Balaban J connectivity index is 2.78. The molecule has 1 rings (SSSR count). The second-order valence-electron chi connectivity index (χ2n) is 6.09. The highest BCUT2D eigenvalue weighted by Gasteiger charge is 2.28. The smallest absolute Gasteiger partial charge is 0.401 e. The fourth-order valence-corrected chi connectivity index (χ4v) is 2.50. The molecular formula is C18H29F3N4O2. The van der Waals surface area contributed by atoms with E-state index in [9.17, 15) is 13.2 Å². The van der Waals surface area contributed by atoms with Gasteiger partial charge < -0.3 is 20.1 Å². The summed E-state index contributed by atoms with van der Waals surface area (Å²) >= 11 is 0. The average Bonchev–Trinajstić information content (AvgIpc) is 2.59. The summed E-state index contributed by atoms with van der Waals surface area (Å²) in [4.78, 5) is 5.56. The van der Waals surface area contributed by atoms with Gasteiger partial charge in [-0.1, -0.05) is 0 Å². The van der Waals surface area contributed by atoms with E-state index in [1.54, 1.807) is 14.2 Å². The van der Waals surface area contributed by atoms with E-state index in [1.807, 2.05) is 32.0 Å². The fraction of sp³-hybridized carbons (Fsp3) is 0.611. The van der Waals surface area contributed by atoms with E-state index < -0.39 is 12.7 Å². The van der Waals surface area contributed by atoms with Gasteiger partial charge in [0.15, 0.2) is 5.96 Å². The first-order valence-corrected chi connectivity index (χ1v) is 8.72. The molecule has 0 saturated carbocycles. The average molecular weight is 390 g/mol. The van der Waals surface area contributed by atoms with Crippen LogP contribution >= 0.6 is 0 Å². The zero-order chi connectivity index (χ0) is 20.4. The van der Waals surface area contributed by atoms with Gasteiger partial charge in [0.1, 0.15) is 11.5 Å². The van der Waals surface area contributed by atoms with Crippen LogP contribution in [0, 0.1) is 0 Å². The quantitative estimate of drug-likeness (QED) is 0.502. The van der Waals surface area contributed by atoms with Crippen LogP contribution in [0.2, 0.25) is 0 Å². The van der Waals surface area contributed by atoms with E-state index in [1.165, 1.54) is 11.9 Å². The van der Waals surface area contributed by atoms with Gasteiger partial charge in [-0.05, 0) is 39.1 Å². The Labute approximate surface area is 158 Å². The van der Waals surface area contributed by atoms with Crippen LogP contribution < -0.4 is 20.1 Å². The molecule has 0 radical (unpaired) electrons. The number of ether oxygens (including phenoxy) is 2. The lowest BCUT2D eigenvalue weighted by atomic mass is 10.1. The number of rotatable bonds is 9. The minimum Gasteiger partial charge on any atom is -0.497 e. The normalized spacial score (nSPS) is 13.4. The Morgan fingerprint density at radius 1 is 1.26 bits per heavy atom. The Kier molecular flexibility index (Phi) is 9.20. The van der Waals surface area contributed by atoms with E-state index in [0.29, 0.717) is 24.0 Å². The van der Waals surface area contributed by atoms with Gasteiger partial charge >= 0.3 is 6.18 Å². The van der Waals surface area contributed by atoms with Gasteiger partial charge in [0, 0.05) is 18.7 Å². The molecule has 6 nitrogen and oxygen atoms in total. The molecule has 0 aliphatic carbocycles. The summed E-state index contributed by atoms with van der Waals surface area (Å²) in [5.41, 5.74) is 0.886. The van der Waals surface area contributed by atoms with Crippen molar-refractivity contribution in [1.29, 1.82) is 0 Å². The topological polar surface area (TPSA) is 58.1 Å². The van der Waals surface area contributed by atoms with Gasteiger partial charge in [0.2, 0.25) is 0 Å². The highest BCUT2D eigenvalue weighted by Crippen LogP contribution is 2.29. The van der Waals surface area contributed by atoms with Crippen LogP contribution in [0.5, 0.6) is 11.5 Å². The van der Waals surface area contributed by atoms with Crippen LogP contribution in [0.25, 0.3) is 0 Å². The van der Waals surface area contributed by atoms with Crippen molar-refractivity contribution in [3.05, 3.63) is 23.8 Å². The monoisotopic (exact) mass is 390 g/mol. The molecular weight excluding hydrogens is 361 g/mol. The lowest BCUT2D eigenvalue weighted by Gasteiger charge is -2.21. The Hall–Kier alpha value is -2.16. The van der Waals surface area contributed by atoms with Crippen LogP contribution in [0.1, 0.15) is 25.5 Å². The zero-order valence-corrected chi connectivity index (χ0v) is 16.5. The third-order valence-corrected chi connectivity index (χ3v) is 3.80. The van der Waals surface area contributed by atoms with Crippen molar-refractivity contribution in [2.75, 3.05) is 47.4 Å². The number of aliphatic imine (C=N–C) groups is 1. The van der Waals surface area contributed by atoms with Gasteiger partial charge in [-0.15, -0.1) is 0 Å². The number of methoxy groups -OCH3 is 2. The molecule has 9 heteroatoms. The van der Waals surface area contributed by atoms with Crippen LogP contribution in [0.15, 0.2) is 23.2 Å². The Morgan fingerprint density at radius 2 is 1.96 bits per heavy atom. The number of halogens is 3. The number of benzene rings is 1. The maximum atomic E-state index is 12.4. The van der Waals surface area contributed by atoms with Gasteiger partial charge in [-0.3, -0.25) is 9.89 Å². The minimum atomic E-state index is -4.21. The predicted molar refractivity (Wildman–Crippen MR) is 101 cm³/mol. The van der Waals surface area contributed by atoms with Crippen molar-refractivity contribution in [3.63, 3.8) is 0 Å². The first-order chi connectivity index (χ1) is 12.7. The molecule has 0 saturated heterocycles. The number of hydrogen-bond acceptors (Lipinski definition) is 4. The maximum Gasteiger partial charge on any atom is 0.401 e. The molecule has 0 fully saturated rings. The van der Waals surface area contributed by atoms with E-state index in [0.717, 1.165) is 5.56 Å². The summed E-state index contributed by atoms with van der Waals surface area (Å²) in [5, 5.41) is 6.34. The molecule has 1 aromatic rings. The van der Waals surface area contributed by atoms with Crippen LogP contribution in [0.4, 0.5) is 13.2 Å². The van der Waals surface area contributed by atoms with E-state index in [2.05, 4.69) is 15.6 Å². The third kappa shape index (κ3) is 8.38. The summed E-state index contributed by atoms with van der Waals surface area (Å²) in [7, 11) is 4.60. The van der Waals surface area contributed by atoms with Crippen LogP contribution in [-0.2, 0) is 0 Å². The highest BCUT2D eigenvalue weighted by atomic mass is 19.4. The molecule has 154 valence electrons. The van der Waals surface area contributed by atoms with E-state index in [4.69, 9.17) is 9.47 Å². The molecule has 0 aromatic heterocycles. The number of hydrogen-bond donors (Lipinski definition) is 2. The molecule has 0 bridgehead atoms. The van der Waals surface area contributed by atoms with Crippen molar-refractivity contribution >= 4 is 5.96 Å². The molecule has 0 spiro atoms. The Bertz CT molecular complexity index is 609. The van der Waals surface area contributed by atoms with Crippen molar-refractivity contribution in [2.24, 2.45) is 4.99 Å². The van der Waals surface area contributed by atoms with Gasteiger partial charge in [0.25, 0.3) is 0 Å². The number of guanidine groups is 1. The number of alkyl halides is 3. The number of nitrogens with one attached hydrogen (secondary N) is 2. The summed E-state index contributed by atoms with van der Waals surface area (Å²) in [6, 6.07) is 5.35. The van der Waals surface area contributed by atoms with E-state index >= 15 is 0 Å². The van der Waals surface area contributed by atoms with Gasteiger partial charge in [-0.25, -0.2) is 0 Å². The van der Waals surface area contributed by atoms with E-state index in [-0.39, 0.29) is 19.1 Å². The SMILES string of the molecule is CCNC(=NCCN(C)CC(F)(F)F)NC(C)c1cc(OC)ccc1OC. The maximum absolute atomic E-state index is 12.4. The standard InChI is InChI=1S/C18H29F3N4O2/c1-6-22-17(23-9-10-25(3)12-18(19,20)21)24-13(2)15-11-14(26-4)7-8-16(15)27-5/h7-8,11,13H,6,9-10,12H2,1-5H3,(H2,22,23,24). The molecule has 1 atom stereocenters. The highest BCUT2D eigenvalue weighted by molar-refractivity contribution is 5.80. The first-order valence-electron chi connectivity index (χ1n) is 8.72. The summed E-state index contributed by atoms with van der Waals surface area (Å²) < 4.78 is 47.8. The number of likely N-dealkylation sites (N-methyl/N-ethyl adjacent to an activating group) is 1. The summed E-state index contributed by atoms with van der Waals surface area (Å²) in [6.07, 6.45) is -4.21. The second kappa shape index (κ2) is 10.9. The number of nitrogens with zero attached hydrogens (tertiary/aromatic N) is 2. The lowest BCUT2D eigenvalue weighted by Crippen LogP contribution is -2.39. The molecule has 0 heterocycles. The first kappa shape index (κ1) is 22.9. The molecule has 0 aliphatic rings. The fourth-order valence-electron chi connectivity index (χ4n) is 2.50. The van der Waals surface area contributed by atoms with Crippen LogP contribution in [0.3, 0.4) is 0 Å². The largest absolute Gasteiger partial charge is 0.497 e. The third-order valence-electron chi connectivity index (χ3n) is 3.80. The molecule has 2 N–H and O–H groups in total. The molecule has 0 aliphatic heterocycles. The van der Waals surface area contributed by atoms with Gasteiger partial charge in [-0.2, -0.15) is 13.2 Å². The van der Waals surface area contributed by atoms with Crippen molar-refractivity contribution in [3.8, 4) is 11.5 Å². The van der Waals surface area contributed by atoms with Crippen molar-refractivity contribution < 1.29 is 22.6 Å². The van der Waals surface area contributed by atoms with Gasteiger partial charge in [0.05, 0.1) is 33.4 Å². The second-order valence-corrected chi connectivity index (χ2v) is 6.09. The minimum absolute atomic E-state index is 0.152. The summed E-state index contributed by atoms with van der Waals surface area (Å²) in [5.74, 6) is 1.93.